The largest absolute Gasteiger partial charge is 0.389 e. The number of nitrogens with two attached hydrogens (primary N) is 1. The average Bonchev–Trinajstić information content (AvgIpc) is 2.49. The van der Waals surface area contributed by atoms with Gasteiger partial charge in [0.2, 0.25) is 0 Å². The van der Waals surface area contributed by atoms with Gasteiger partial charge >= 0.3 is 0 Å². The Morgan fingerprint density at radius 1 is 1.19 bits per heavy atom. The van der Waals surface area contributed by atoms with Gasteiger partial charge in [-0.15, -0.1) is 11.8 Å². The quantitative estimate of drug-likeness (QED) is 0.655. The lowest BCUT2D eigenvalue weighted by Gasteiger charge is -2.09. The van der Waals surface area contributed by atoms with Crippen molar-refractivity contribution in [3.63, 3.8) is 0 Å². The average molecular weight is 337 g/mol. The highest BCUT2D eigenvalue weighted by Crippen LogP contribution is 2.24. The summed E-state index contributed by atoms with van der Waals surface area (Å²) >= 11 is 12.6. The van der Waals surface area contributed by atoms with Gasteiger partial charge in [0.1, 0.15) is 4.99 Å². The monoisotopic (exact) mass is 336 g/mol. The molecule has 0 spiro atoms. The molecule has 0 heterocycles. The maximum absolute atomic E-state index is 12.2. The van der Waals surface area contributed by atoms with Gasteiger partial charge in [-0.1, -0.05) is 29.9 Å². The number of rotatable bonds is 4. The first-order chi connectivity index (χ1) is 10.0. The van der Waals surface area contributed by atoms with Crippen molar-refractivity contribution in [2.24, 2.45) is 5.73 Å². The minimum atomic E-state index is -0.232. The number of amides is 1. The molecule has 0 saturated heterocycles. The summed E-state index contributed by atoms with van der Waals surface area (Å²) in [5.74, 6) is -0.232. The van der Waals surface area contributed by atoms with Crippen molar-refractivity contribution in [3.8, 4) is 0 Å². The molecule has 0 unspecified atom stereocenters. The maximum Gasteiger partial charge on any atom is 0.255 e. The zero-order valence-electron chi connectivity index (χ0n) is 11.2. The molecule has 3 N–H and O–H groups in total. The first kappa shape index (κ1) is 15.8. The van der Waals surface area contributed by atoms with E-state index in [1.807, 2.05) is 18.4 Å². The molecule has 3 nitrogen and oxygen atoms in total. The number of nitrogens with one attached hydrogen (secondary N) is 1. The molecule has 0 radical (unpaired) electrons. The van der Waals surface area contributed by atoms with E-state index in [2.05, 4.69) is 5.32 Å². The molecular formula is C15H13ClN2OS2. The van der Waals surface area contributed by atoms with E-state index in [4.69, 9.17) is 29.6 Å². The van der Waals surface area contributed by atoms with E-state index in [-0.39, 0.29) is 10.9 Å². The van der Waals surface area contributed by atoms with E-state index < -0.39 is 0 Å². The predicted molar refractivity (Wildman–Crippen MR) is 93.5 cm³/mol. The van der Waals surface area contributed by atoms with Crippen LogP contribution in [0, 0.1) is 0 Å². The Hall–Kier alpha value is -1.56. The van der Waals surface area contributed by atoms with Gasteiger partial charge in [-0.2, -0.15) is 0 Å². The van der Waals surface area contributed by atoms with Crippen LogP contribution in [0.15, 0.2) is 47.4 Å². The molecule has 0 aliphatic carbocycles. The number of thiocarbonyl (C=S) groups is 1. The third-order valence-electron chi connectivity index (χ3n) is 2.85. The van der Waals surface area contributed by atoms with Gasteiger partial charge in [-0.05, 0) is 42.7 Å². The van der Waals surface area contributed by atoms with Gasteiger partial charge in [-0.25, -0.2) is 0 Å². The second-order valence-corrected chi connectivity index (χ2v) is 5.97. The summed E-state index contributed by atoms with van der Waals surface area (Å²) in [6, 6.07) is 12.4. The number of carbonyl (C=O) groups excluding carboxylic acids is 1. The fourth-order valence-electron chi connectivity index (χ4n) is 1.71. The number of anilines is 1. The molecular weight excluding hydrogens is 324 g/mol. The summed E-state index contributed by atoms with van der Waals surface area (Å²) in [6.07, 6.45) is 1.98. The third-order valence-corrected chi connectivity index (χ3v) is 4.16. The molecule has 0 saturated carbocycles. The summed E-state index contributed by atoms with van der Waals surface area (Å²) in [4.78, 5) is 13.6. The van der Waals surface area contributed by atoms with E-state index in [0.717, 1.165) is 4.90 Å². The van der Waals surface area contributed by atoms with E-state index in [9.17, 15) is 4.79 Å². The lowest BCUT2D eigenvalue weighted by Crippen LogP contribution is -2.14. The molecule has 0 aliphatic heterocycles. The fraction of sp³-hybridized carbons (Fsp3) is 0.0667. The van der Waals surface area contributed by atoms with Crippen molar-refractivity contribution in [2.45, 2.75) is 4.90 Å². The number of carbonyl (C=O) groups is 1. The highest BCUT2D eigenvalue weighted by atomic mass is 35.5. The standard InChI is InChI=1S/C15H13ClN2OS2/c1-21-11-5-2-9(3-6-11)15(19)18-13-8-10(14(17)20)4-7-12(13)16/h2-8H,1H3,(H2,17,20)(H,18,19). The summed E-state index contributed by atoms with van der Waals surface area (Å²) in [7, 11) is 0. The highest BCUT2D eigenvalue weighted by molar-refractivity contribution is 7.98. The molecule has 21 heavy (non-hydrogen) atoms. The smallest absolute Gasteiger partial charge is 0.255 e. The van der Waals surface area contributed by atoms with Crippen molar-refractivity contribution >= 4 is 52.2 Å². The van der Waals surface area contributed by atoms with Gasteiger partial charge in [0, 0.05) is 16.0 Å². The van der Waals surface area contributed by atoms with E-state index in [1.165, 1.54) is 0 Å². The van der Waals surface area contributed by atoms with Crippen LogP contribution in [0.1, 0.15) is 15.9 Å². The third kappa shape index (κ3) is 3.97. The number of benzene rings is 2. The maximum atomic E-state index is 12.2. The first-order valence-corrected chi connectivity index (χ1v) is 8.07. The van der Waals surface area contributed by atoms with Gasteiger partial charge in [0.25, 0.3) is 5.91 Å². The molecule has 2 rings (SSSR count). The second-order valence-electron chi connectivity index (χ2n) is 4.24. The Labute approximate surface area is 137 Å². The number of halogens is 1. The zero-order valence-corrected chi connectivity index (χ0v) is 13.6. The SMILES string of the molecule is CSc1ccc(C(=O)Nc2cc(C(N)=S)ccc2Cl)cc1. The van der Waals surface area contributed by atoms with Crippen LogP contribution >= 0.6 is 35.6 Å². The molecule has 1 amide bonds. The Kier molecular flexibility index (Phi) is 5.22. The topological polar surface area (TPSA) is 55.1 Å². The highest BCUT2D eigenvalue weighted by Gasteiger charge is 2.10. The Balaban J connectivity index is 2.22. The van der Waals surface area contributed by atoms with E-state index in [1.54, 1.807) is 42.1 Å². The van der Waals surface area contributed by atoms with Crippen molar-refractivity contribution < 1.29 is 4.79 Å². The van der Waals surface area contributed by atoms with Gasteiger partial charge in [-0.3, -0.25) is 4.79 Å². The van der Waals surface area contributed by atoms with E-state index >= 15 is 0 Å². The Morgan fingerprint density at radius 3 is 2.38 bits per heavy atom. The number of hydrogen-bond acceptors (Lipinski definition) is 3. The molecule has 108 valence electrons. The van der Waals surface area contributed by atoms with E-state index in [0.29, 0.717) is 21.8 Å². The summed E-state index contributed by atoms with van der Waals surface area (Å²) in [5.41, 5.74) is 7.28. The fourth-order valence-corrected chi connectivity index (χ4v) is 2.41. The molecule has 6 heteroatoms. The van der Waals surface area contributed by atoms with Crippen LogP contribution < -0.4 is 11.1 Å². The lowest BCUT2D eigenvalue weighted by atomic mass is 10.1. The Morgan fingerprint density at radius 2 is 1.81 bits per heavy atom. The molecule has 0 atom stereocenters. The number of thioether (sulfide) groups is 1. The van der Waals surface area contributed by atoms with Crippen LogP contribution in [0.2, 0.25) is 5.02 Å². The van der Waals surface area contributed by atoms with Crippen LogP contribution in [0.5, 0.6) is 0 Å². The predicted octanol–water partition coefficient (Wildman–Crippen LogP) is 3.95. The summed E-state index contributed by atoms with van der Waals surface area (Å²) < 4.78 is 0. The molecule has 2 aromatic rings. The molecule has 0 fully saturated rings. The van der Waals surface area contributed by atoms with Crippen molar-refractivity contribution in [2.75, 3.05) is 11.6 Å². The first-order valence-electron chi connectivity index (χ1n) is 6.06. The van der Waals surface area contributed by atoms with Crippen LogP contribution in [-0.4, -0.2) is 17.2 Å². The van der Waals surface area contributed by atoms with Crippen molar-refractivity contribution in [3.05, 3.63) is 58.6 Å². The molecule has 2 aromatic carbocycles. The van der Waals surface area contributed by atoms with Gasteiger partial charge in [0.15, 0.2) is 0 Å². The summed E-state index contributed by atoms with van der Waals surface area (Å²) in [6.45, 7) is 0. The normalized spacial score (nSPS) is 10.2. The van der Waals surface area contributed by atoms with Crippen LogP contribution in [0.4, 0.5) is 5.69 Å². The lowest BCUT2D eigenvalue weighted by molar-refractivity contribution is 0.102. The van der Waals surface area contributed by atoms with Gasteiger partial charge < -0.3 is 11.1 Å². The van der Waals surface area contributed by atoms with Crippen LogP contribution in [0.3, 0.4) is 0 Å². The van der Waals surface area contributed by atoms with Crippen LogP contribution in [0.25, 0.3) is 0 Å². The summed E-state index contributed by atoms with van der Waals surface area (Å²) in [5, 5.41) is 3.20. The molecule has 0 aromatic heterocycles. The number of hydrogen-bond donors (Lipinski definition) is 2. The second kappa shape index (κ2) is 6.93. The minimum Gasteiger partial charge on any atom is -0.389 e. The van der Waals surface area contributed by atoms with Crippen LogP contribution in [-0.2, 0) is 0 Å². The Bertz CT molecular complexity index is 687. The van der Waals surface area contributed by atoms with Gasteiger partial charge in [0.05, 0.1) is 10.7 Å². The molecule has 0 aliphatic rings. The van der Waals surface area contributed by atoms with Crippen molar-refractivity contribution in [1.82, 2.24) is 0 Å². The minimum absolute atomic E-state index is 0.232. The van der Waals surface area contributed by atoms with Crippen molar-refractivity contribution in [1.29, 1.82) is 0 Å². The zero-order chi connectivity index (χ0) is 15.4. The molecule has 0 bridgehead atoms.